The number of hydrogen-bond donors (Lipinski definition) is 1. The Kier molecular flexibility index (Phi) is 6.21. The van der Waals surface area contributed by atoms with E-state index in [-0.39, 0.29) is 11.9 Å². The van der Waals surface area contributed by atoms with Crippen LogP contribution in [0.1, 0.15) is 18.9 Å². The Balaban J connectivity index is 1.71. The molecule has 0 spiro atoms. The number of hydrogen-bond acceptors (Lipinski definition) is 5. The first-order valence-corrected chi connectivity index (χ1v) is 8.30. The maximum Gasteiger partial charge on any atom is 0.221 e. The molecular weight excluding hydrogens is 322 g/mol. The number of rotatable bonds is 7. The van der Waals surface area contributed by atoms with E-state index in [9.17, 15) is 4.79 Å². The second-order valence-electron chi connectivity index (χ2n) is 4.99. The van der Waals surface area contributed by atoms with Gasteiger partial charge in [-0.2, -0.15) is 0 Å². The summed E-state index contributed by atoms with van der Waals surface area (Å²) in [5, 5.41) is 15.6. The van der Waals surface area contributed by atoms with E-state index >= 15 is 0 Å². The monoisotopic (exact) mass is 339 g/mol. The van der Waals surface area contributed by atoms with Crippen LogP contribution in [0.4, 0.5) is 0 Å². The molecule has 1 unspecified atom stereocenters. The lowest BCUT2D eigenvalue weighted by molar-refractivity contribution is -0.121. The van der Waals surface area contributed by atoms with Crippen molar-refractivity contribution in [3.8, 4) is 0 Å². The lowest BCUT2D eigenvalue weighted by Crippen LogP contribution is -2.34. The first-order chi connectivity index (χ1) is 10.5. The first kappa shape index (κ1) is 16.8. The average molecular weight is 340 g/mol. The number of amides is 1. The number of carbonyl (C=O) groups excluding carboxylic acids is 1. The summed E-state index contributed by atoms with van der Waals surface area (Å²) in [6.45, 7) is 1.98. The number of aromatic nitrogens is 4. The van der Waals surface area contributed by atoms with E-state index in [2.05, 4.69) is 20.8 Å². The van der Waals surface area contributed by atoms with E-state index in [0.717, 1.165) is 12.0 Å². The highest BCUT2D eigenvalue weighted by Gasteiger charge is 2.10. The maximum absolute atomic E-state index is 11.9. The van der Waals surface area contributed by atoms with Crippen molar-refractivity contribution in [1.29, 1.82) is 0 Å². The highest BCUT2D eigenvalue weighted by Crippen LogP contribution is 2.14. The van der Waals surface area contributed by atoms with Gasteiger partial charge in [-0.1, -0.05) is 35.5 Å². The van der Waals surface area contributed by atoms with Gasteiger partial charge in [-0.15, -0.1) is 5.10 Å². The SMILES string of the molecule is CC(Cc1cccc(Cl)c1)NC(=O)CCSc1nnnn1C. The van der Waals surface area contributed by atoms with Crippen LogP contribution in [0.15, 0.2) is 29.4 Å². The molecule has 1 aromatic carbocycles. The van der Waals surface area contributed by atoms with Crippen molar-refractivity contribution >= 4 is 29.3 Å². The van der Waals surface area contributed by atoms with E-state index in [4.69, 9.17) is 11.6 Å². The predicted octanol–water partition coefficient (Wildman–Crippen LogP) is 2.09. The zero-order chi connectivity index (χ0) is 15.9. The van der Waals surface area contributed by atoms with Gasteiger partial charge < -0.3 is 5.32 Å². The minimum Gasteiger partial charge on any atom is -0.353 e. The van der Waals surface area contributed by atoms with Crippen molar-refractivity contribution in [2.75, 3.05) is 5.75 Å². The average Bonchev–Trinajstić information content (AvgIpc) is 2.84. The van der Waals surface area contributed by atoms with E-state index in [1.807, 2.05) is 31.2 Å². The lowest BCUT2D eigenvalue weighted by atomic mass is 10.1. The Bertz CT molecular complexity index is 633. The second kappa shape index (κ2) is 8.14. The topological polar surface area (TPSA) is 72.7 Å². The molecule has 1 heterocycles. The molecule has 1 atom stereocenters. The fraction of sp³-hybridized carbons (Fsp3) is 0.429. The number of thioether (sulfide) groups is 1. The van der Waals surface area contributed by atoms with Crippen molar-refractivity contribution in [3.63, 3.8) is 0 Å². The minimum atomic E-state index is 0.0251. The minimum absolute atomic E-state index is 0.0251. The van der Waals surface area contributed by atoms with Gasteiger partial charge in [-0.25, -0.2) is 4.68 Å². The van der Waals surface area contributed by atoms with Crippen LogP contribution in [-0.2, 0) is 18.3 Å². The van der Waals surface area contributed by atoms with Gasteiger partial charge in [0, 0.05) is 30.3 Å². The Morgan fingerprint density at radius 2 is 2.32 bits per heavy atom. The van der Waals surface area contributed by atoms with Gasteiger partial charge in [0.25, 0.3) is 0 Å². The zero-order valence-electron chi connectivity index (χ0n) is 12.5. The van der Waals surface area contributed by atoms with Gasteiger partial charge >= 0.3 is 0 Å². The molecule has 0 saturated carbocycles. The zero-order valence-corrected chi connectivity index (χ0v) is 14.1. The summed E-state index contributed by atoms with van der Waals surface area (Å²) in [4.78, 5) is 11.9. The molecule has 118 valence electrons. The highest BCUT2D eigenvalue weighted by atomic mass is 35.5. The Morgan fingerprint density at radius 1 is 1.50 bits per heavy atom. The molecule has 0 aliphatic heterocycles. The molecule has 2 aromatic rings. The summed E-state index contributed by atoms with van der Waals surface area (Å²) < 4.78 is 1.59. The van der Waals surface area contributed by atoms with Gasteiger partial charge in [-0.3, -0.25) is 4.79 Å². The van der Waals surface area contributed by atoms with Crippen LogP contribution in [0.25, 0.3) is 0 Å². The normalized spacial score (nSPS) is 12.1. The van der Waals surface area contributed by atoms with E-state index in [0.29, 0.717) is 22.4 Å². The van der Waals surface area contributed by atoms with Gasteiger partial charge in [0.1, 0.15) is 0 Å². The Labute approximate surface area is 138 Å². The maximum atomic E-state index is 11.9. The summed E-state index contributed by atoms with van der Waals surface area (Å²) in [6.07, 6.45) is 1.18. The van der Waals surface area contributed by atoms with Gasteiger partial charge in [-0.05, 0) is 41.5 Å². The Morgan fingerprint density at radius 3 is 3.00 bits per heavy atom. The molecule has 1 aromatic heterocycles. The largest absolute Gasteiger partial charge is 0.353 e. The number of nitrogens with one attached hydrogen (secondary N) is 1. The molecule has 0 aliphatic carbocycles. The summed E-state index contributed by atoms with van der Waals surface area (Å²) >= 11 is 7.42. The molecule has 22 heavy (non-hydrogen) atoms. The summed E-state index contributed by atoms with van der Waals surface area (Å²) in [6, 6.07) is 7.74. The standard InChI is InChI=1S/C14H18ClN5OS/c1-10(8-11-4-3-5-12(15)9-11)16-13(21)6-7-22-14-17-18-19-20(14)2/h3-5,9-10H,6-8H2,1-2H3,(H,16,21). The third kappa shape index (κ3) is 5.31. The number of carbonyl (C=O) groups is 1. The number of halogens is 1. The molecule has 0 fully saturated rings. The molecule has 8 heteroatoms. The molecule has 0 bridgehead atoms. The van der Waals surface area contributed by atoms with Crippen LogP contribution >= 0.6 is 23.4 Å². The third-order valence-electron chi connectivity index (χ3n) is 2.98. The first-order valence-electron chi connectivity index (χ1n) is 6.93. The van der Waals surface area contributed by atoms with Gasteiger partial charge in [0.05, 0.1) is 0 Å². The fourth-order valence-corrected chi connectivity index (χ4v) is 2.99. The van der Waals surface area contributed by atoms with E-state index in [1.54, 1.807) is 11.7 Å². The van der Waals surface area contributed by atoms with Crippen LogP contribution in [0.2, 0.25) is 5.02 Å². The molecule has 1 amide bonds. The summed E-state index contributed by atoms with van der Waals surface area (Å²) in [5.41, 5.74) is 1.11. The van der Waals surface area contributed by atoms with E-state index in [1.165, 1.54) is 11.8 Å². The fourth-order valence-electron chi connectivity index (χ4n) is 1.99. The molecule has 6 nitrogen and oxygen atoms in total. The molecule has 1 N–H and O–H groups in total. The van der Waals surface area contributed by atoms with E-state index < -0.39 is 0 Å². The van der Waals surface area contributed by atoms with Crippen LogP contribution in [0.5, 0.6) is 0 Å². The molecule has 0 radical (unpaired) electrons. The van der Waals surface area contributed by atoms with Crippen molar-refractivity contribution < 1.29 is 4.79 Å². The Hall–Kier alpha value is -1.60. The highest BCUT2D eigenvalue weighted by molar-refractivity contribution is 7.99. The van der Waals surface area contributed by atoms with Crippen molar-refractivity contribution in [2.24, 2.45) is 7.05 Å². The van der Waals surface area contributed by atoms with Crippen LogP contribution in [-0.4, -0.2) is 37.9 Å². The summed E-state index contributed by atoms with van der Waals surface area (Å²) in [7, 11) is 1.77. The van der Waals surface area contributed by atoms with Gasteiger partial charge in [0.15, 0.2) is 0 Å². The number of nitrogens with zero attached hydrogens (tertiary/aromatic N) is 4. The molecule has 2 rings (SSSR count). The van der Waals surface area contributed by atoms with Crippen LogP contribution in [0.3, 0.4) is 0 Å². The van der Waals surface area contributed by atoms with Crippen LogP contribution < -0.4 is 5.32 Å². The smallest absolute Gasteiger partial charge is 0.221 e. The van der Waals surface area contributed by atoms with Crippen molar-refractivity contribution in [1.82, 2.24) is 25.5 Å². The van der Waals surface area contributed by atoms with Crippen molar-refractivity contribution in [2.45, 2.75) is 31.0 Å². The van der Waals surface area contributed by atoms with Crippen molar-refractivity contribution in [3.05, 3.63) is 34.9 Å². The quantitative estimate of drug-likeness (QED) is 0.782. The lowest BCUT2D eigenvalue weighted by Gasteiger charge is -2.14. The third-order valence-corrected chi connectivity index (χ3v) is 4.23. The molecular formula is C14H18ClN5OS. The number of tetrazole rings is 1. The predicted molar refractivity (Wildman–Crippen MR) is 86.9 cm³/mol. The summed E-state index contributed by atoms with van der Waals surface area (Å²) in [5.74, 6) is 0.668. The molecule has 0 saturated heterocycles. The number of aryl methyl sites for hydroxylation is 1. The molecule has 0 aliphatic rings. The second-order valence-corrected chi connectivity index (χ2v) is 6.48. The number of benzene rings is 1. The van der Waals surface area contributed by atoms with Crippen LogP contribution in [0, 0.1) is 0 Å². The van der Waals surface area contributed by atoms with Gasteiger partial charge in [0.2, 0.25) is 11.1 Å².